The molecule has 3 aromatic rings. The summed E-state index contributed by atoms with van der Waals surface area (Å²) in [5.74, 6) is -0.222. The lowest BCUT2D eigenvalue weighted by Gasteiger charge is -2.20. The highest BCUT2D eigenvalue weighted by Crippen LogP contribution is 2.23. The van der Waals surface area contributed by atoms with Crippen LogP contribution in [-0.2, 0) is 6.54 Å². The SMILES string of the molecule is Cc1ccc(C(=O)Nc2ccc(N(CCn3cccn3)C(=O)O)cc2)c(N(C)C)c1. The maximum Gasteiger partial charge on any atom is 0.411 e. The predicted octanol–water partition coefficient (Wildman–Crippen LogP) is 3.69. The van der Waals surface area contributed by atoms with Crippen molar-refractivity contribution in [3.63, 3.8) is 0 Å². The van der Waals surface area contributed by atoms with Crippen LogP contribution in [0.25, 0.3) is 0 Å². The van der Waals surface area contributed by atoms with E-state index in [2.05, 4.69) is 10.4 Å². The zero-order chi connectivity index (χ0) is 21.7. The molecule has 30 heavy (non-hydrogen) atoms. The van der Waals surface area contributed by atoms with E-state index in [-0.39, 0.29) is 12.5 Å². The number of nitrogens with one attached hydrogen (secondary N) is 1. The lowest BCUT2D eigenvalue weighted by Crippen LogP contribution is -2.32. The van der Waals surface area contributed by atoms with Gasteiger partial charge in [-0.3, -0.25) is 14.4 Å². The average Bonchev–Trinajstić information content (AvgIpc) is 3.22. The Morgan fingerprint density at radius 1 is 1.13 bits per heavy atom. The first-order chi connectivity index (χ1) is 14.3. The Bertz CT molecular complexity index is 1010. The van der Waals surface area contributed by atoms with Gasteiger partial charge in [-0.05, 0) is 55.0 Å². The van der Waals surface area contributed by atoms with Gasteiger partial charge in [-0.1, -0.05) is 6.07 Å². The summed E-state index contributed by atoms with van der Waals surface area (Å²) in [5.41, 5.74) is 3.59. The third kappa shape index (κ3) is 4.96. The summed E-state index contributed by atoms with van der Waals surface area (Å²) in [5, 5.41) is 16.5. The van der Waals surface area contributed by atoms with Gasteiger partial charge in [0.1, 0.15) is 0 Å². The molecule has 0 atom stereocenters. The van der Waals surface area contributed by atoms with Gasteiger partial charge in [0.05, 0.1) is 12.1 Å². The second kappa shape index (κ2) is 9.13. The van der Waals surface area contributed by atoms with Crippen LogP contribution in [0.5, 0.6) is 0 Å². The summed E-state index contributed by atoms with van der Waals surface area (Å²) in [4.78, 5) is 27.6. The fourth-order valence-corrected chi connectivity index (χ4v) is 3.10. The summed E-state index contributed by atoms with van der Waals surface area (Å²) < 4.78 is 1.68. The van der Waals surface area contributed by atoms with Gasteiger partial charge in [0.2, 0.25) is 0 Å². The van der Waals surface area contributed by atoms with Gasteiger partial charge in [0.15, 0.2) is 0 Å². The molecule has 0 bridgehead atoms. The Hall–Kier alpha value is -3.81. The topological polar surface area (TPSA) is 90.7 Å². The van der Waals surface area contributed by atoms with Gasteiger partial charge < -0.3 is 15.3 Å². The second-order valence-corrected chi connectivity index (χ2v) is 7.12. The quantitative estimate of drug-likeness (QED) is 0.623. The summed E-state index contributed by atoms with van der Waals surface area (Å²) in [6.07, 6.45) is 2.39. The molecule has 0 fully saturated rings. The molecular weight excluding hydrogens is 382 g/mol. The molecule has 0 spiro atoms. The maximum atomic E-state index is 12.8. The monoisotopic (exact) mass is 407 g/mol. The van der Waals surface area contributed by atoms with Crippen molar-refractivity contribution in [1.29, 1.82) is 0 Å². The van der Waals surface area contributed by atoms with Gasteiger partial charge >= 0.3 is 6.09 Å². The van der Waals surface area contributed by atoms with Crippen LogP contribution in [0.15, 0.2) is 60.9 Å². The number of nitrogens with zero attached hydrogens (tertiary/aromatic N) is 4. The van der Waals surface area contributed by atoms with E-state index >= 15 is 0 Å². The van der Waals surface area contributed by atoms with Crippen LogP contribution in [-0.4, -0.2) is 47.5 Å². The van der Waals surface area contributed by atoms with Crippen molar-refractivity contribution < 1.29 is 14.7 Å². The van der Waals surface area contributed by atoms with Crippen molar-refractivity contribution in [1.82, 2.24) is 9.78 Å². The number of carbonyl (C=O) groups excluding carboxylic acids is 1. The molecule has 0 aliphatic rings. The zero-order valence-corrected chi connectivity index (χ0v) is 17.2. The Balaban J connectivity index is 1.72. The van der Waals surface area contributed by atoms with E-state index in [4.69, 9.17) is 0 Å². The Morgan fingerprint density at radius 3 is 2.47 bits per heavy atom. The summed E-state index contributed by atoms with van der Waals surface area (Å²) in [6, 6.07) is 14.2. The molecule has 0 aliphatic carbocycles. The molecule has 1 heterocycles. The molecule has 2 aromatic carbocycles. The third-order valence-corrected chi connectivity index (χ3v) is 4.66. The molecular formula is C22H25N5O3. The Kier molecular flexibility index (Phi) is 6.36. The lowest BCUT2D eigenvalue weighted by molar-refractivity contribution is 0.102. The first-order valence-corrected chi connectivity index (χ1v) is 9.52. The molecule has 8 nitrogen and oxygen atoms in total. The van der Waals surface area contributed by atoms with Crippen LogP contribution in [0.2, 0.25) is 0 Å². The van der Waals surface area contributed by atoms with Crippen LogP contribution in [0.1, 0.15) is 15.9 Å². The van der Waals surface area contributed by atoms with Crippen LogP contribution < -0.4 is 15.1 Å². The minimum atomic E-state index is -1.05. The molecule has 0 aliphatic heterocycles. The highest BCUT2D eigenvalue weighted by molar-refractivity contribution is 6.08. The number of hydrogen-bond acceptors (Lipinski definition) is 4. The third-order valence-electron chi connectivity index (χ3n) is 4.66. The van der Waals surface area contributed by atoms with E-state index in [0.29, 0.717) is 23.5 Å². The van der Waals surface area contributed by atoms with E-state index in [9.17, 15) is 14.7 Å². The summed E-state index contributed by atoms with van der Waals surface area (Å²) >= 11 is 0. The highest BCUT2D eigenvalue weighted by atomic mass is 16.4. The molecule has 1 aromatic heterocycles. The molecule has 156 valence electrons. The second-order valence-electron chi connectivity index (χ2n) is 7.12. The summed E-state index contributed by atoms with van der Waals surface area (Å²) in [6.45, 7) is 2.69. The number of amides is 2. The molecule has 2 amide bonds. The van der Waals surface area contributed by atoms with Crippen LogP contribution in [0.3, 0.4) is 0 Å². The van der Waals surface area contributed by atoms with Crippen molar-refractivity contribution in [2.45, 2.75) is 13.5 Å². The minimum Gasteiger partial charge on any atom is -0.465 e. The van der Waals surface area contributed by atoms with Gasteiger partial charge in [0, 0.05) is 50.1 Å². The average molecular weight is 407 g/mol. The number of hydrogen-bond donors (Lipinski definition) is 2. The number of anilines is 3. The number of benzene rings is 2. The highest BCUT2D eigenvalue weighted by Gasteiger charge is 2.16. The summed E-state index contributed by atoms with van der Waals surface area (Å²) in [7, 11) is 3.79. The number of aromatic nitrogens is 2. The van der Waals surface area contributed by atoms with Gasteiger partial charge in [-0.15, -0.1) is 0 Å². The number of aryl methyl sites for hydroxylation is 1. The molecule has 0 unspecified atom stereocenters. The number of carboxylic acid groups (broad SMARTS) is 1. The van der Waals surface area contributed by atoms with Crippen molar-refractivity contribution in [3.05, 3.63) is 72.1 Å². The molecule has 8 heteroatoms. The van der Waals surface area contributed by atoms with E-state index in [1.807, 2.05) is 38.1 Å². The fourth-order valence-electron chi connectivity index (χ4n) is 3.10. The van der Waals surface area contributed by atoms with Crippen molar-refractivity contribution in [2.24, 2.45) is 0 Å². The van der Waals surface area contributed by atoms with Crippen LogP contribution in [0, 0.1) is 6.92 Å². The van der Waals surface area contributed by atoms with E-state index in [1.54, 1.807) is 53.5 Å². The standard InChI is InChI=1S/C22H25N5O3/c1-16-5-10-19(20(15-16)25(2)3)21(28)24-17-6-8-18(9-7-17)27(22(29)30)14-13-26-12-4-11-23-26/h4-12,15H,13-14H2,1-3H3,(H,24,28)(H,29,30). The van der Waals surface area contributed by atoms with Crippen molar-refractivity contribution in [2.75, 3.05) is 35.8 Å². The number of rotatable bonds is 7. The van der Waals surface area contributed by atoms with E-state index in [1.165, 1.54) is 4.90 Å². The Labute approximate surface area is 175 Å². The van der Waals surface area contributed by atoms with Crippen molar-refractivity contribution in [3.8, 4) is 0 Å². The molecule has 0 radical (unpaired) electrons. The fraction of sp³-hybridized carbons (Fsp3) is 0.227. The van der Waals surface area contributed by atoms with Gasteiger partial charge in [-0.25, -0.2) is 4.79 Å². The van der Waals surface area contributed by atoms with Crippen LogP contribution >= 0.6 is 0 Å². The normalized spacial score (nSPS) is 10.5. The van der Waals surface area contributed by atoms with Crippen molar-refractivity contribution >= 4 is 29.1 Å². The number of carbonyl (C=O) groups is 2. The van der Waals surface area contributed by atoms with Gasteiger partial charge in [-0.2, -0.15) is 5.10 Å². The smallest absolute Gasteiger partial charge is 0.411 e. The van der Waals surface area contributed by atoms with Gasteiger partial charge in [0.25, 0.3) is 5.91 Å². The molecule has 0 saturated carbocycles. The van der Waals surface area contributed by atoms with E-state index < -0.39 is 6.09 Å². The minimum absolute atomic E-state index is 0.222. The molecule has 2 N–H and O–H groups in total. The first kappa shape index (κ1) is 20.9. The lowest BCUT2D eigenvalue weighted by atomic mass is 10.1. The largest absolute Gasteiger partial charge is 0.465 e. The zero-order valence-electron chi connectivity index (χ0n) is 17.2. The van der Waals surface area contributed by atoms with E-state index in [0.717, 1.165) is 11.3 Å². The molecule has 0 saturated heterocycles. The van der Waals surface area contributed by atoms with Crippen LogP contribution in [0.4, 0.5) is 21.9 Å². The predicted molar refractivity (Wildman–Crippen MR) is 117 cm³/mol. The molecule has 3 rings (SSSR count). The maximum absolute atomic E-state index is 12.8. The Morgan fingerprint density at radius 2 is 1.87 bits per heavy atom. The first-order valence-electron chi connectivity index (χ1n) is 9.52.